The van der Waals surface area contributed by atoms with Crippen LogP contribution in [-0.2, 0) is 28.6 Å². The molecule has 0 aliphatic rings. The molecule has 0 saturated carbocycles. The SMILES string of the molecule is CCCCCCCCCC/C=C\CCCCCCCCCC(=O)OCC(COC(=O)CCCCCCCCCCCCCCCCCCC)OC(=O)CCCCCCCCCCCCCCCCCCCC. The fraction of sp³-hybridized carbons (Fsp3) is 0.924. The third kappa shape index (κ3) is 59.0. The lowest BCUT2D eigenvalue weighted by Gasteiger charge is -2.18. The largest absolute Gasteiger partial charge is 0.462 e. The van der Waals surface area contributed by atoms with Crippen molar-refractivity contribution in [2.24, 2.45) is 0 Å². The zero-order valence-corrected chi connectivity index (χ0v) is 49.0. The van der Waals surface area contributed by atoms with E-state index in [-0.39, 0.29) is 31.1 Å². The standard InChI is InChI=1S/C66H126O6/c1-4-7-10-13-16-19-22-25-28-31-33-36-38-41-44-47-50-53-56-59-65(68)71-62-63(61-70-64(67)58-55-52-49-46-43-40-37-34-30-27-24-21-18-15-12-9-6-3)72-66(69)60-57-54-51-48-45-42-39-35-32-29-26-23-20-17-14-11-8-5-2/h31,33,63H,4-30,32,34-62H2,1-3H3/b33-31-. The highest BCUT2D eigenvalue weighted by Gasteiger charge is 2.19. The average Bonchev–Trinajstić information content (AvgIpc) is 3.38. The number of unbranched alkanes of at least 4 members (excludes halogenated alkanes) is 48. The number of ether oxygens (including phenoxy) is 3. The lowest BCUT2D eigenvalue weighted by atomic mass is 10.0. The van der Waals surface area contributed by atoms with Crippen LogP contribution in [0.15, 0.2) is 12.2 Å². The molecule has 0 N–H and O–H groups in total. The molecule has 0 fully saturated rings. The van der Waals surface area contributed by atoms with Gasteiger partial charge in [0.2, 0.25) is 0 Å². The minimum Gasteiger partial charge on any atom is -0.462 e. The summed E-state index contributed by atoms with van der Waals surface area (Å²) >= 11 is 0. The highest BCUT2D eigenvalue weighted by molar-refractivity contribution is 5.71. The van der Waals surface area contributed by atoms with Crippen LogP contribution in [0.5, 0.6) is 0 Å². The van der Waals surface area contributed by atoms with Gasteiger partial charge in [0.15, 0.2) is 6.10 Å². The zero-order valence-electron chi connectivity index (χ0n) is 49.0. The van der Waals surface area contributed by atoms with E-state index in [2.05, 4.69) is 32.9 Å². The van der Waals surface area contributed by atoms with Gasteiger partial charge in [-0.05, 0) is 44.9 Å². The van der Waals surface area contributed by atoms with Crippen molar-refractivity contribution in [1.82, 2.24) is 0 Å². The molecular formula is C66H126O6. The number of carbonyl (C=O) groups is 3. The highest BCUT2D eigenvalue weighted by atomic mass is 16.6. The number of rotatable bonds is 61. The van der Waals surface area contributed by atoms with Gasteiger partial charge in [-0.2, -0.15) is 0 Å². The maximum absolute atomic E-state index is 12.9. The molecule has 0 spiro atoms. The van der Waals surface area contributed by atoms with Crippen molar-refractivity contribution >= 4 is 17.9 Å². The van der Waals surface area contributed by atoms with Gasteiger partial charge in [0.05, 0.1) is 0 Å². The molecule has 0 aliphatic carbocycles. The highest BCUT2D eigenvalue weighted by Crippen LogP contribution is 2.18. The van der Waals surface area contributed by atoms with Crippen molar-refractivity contribution in [1.29, 1.82) is 0 Å². The first kappa shape index (κ1) is 70.1. The van der Waals surface area contributed by atoms with E-state index >= 15 is 0 Å². The molecule has 0 aliphatic heterocycles. The molecule has 6 heteroatoms. The number of carbonyl (C=O) groups excluding carboxylic acids is 3. The van der Waals surface area contributed by atoms with Crippen LogP contribution in [0.4, 0.5) is 0 Å². The molecule has 426 valence electrons. The molecule has 0 aromatic rings. The fourth-order valence-corrected chi connectivity index (χ4v) is 10.1. The minimum absolute atomic E-state index is 0.0645. The van der Waals surface area contributed by atoms with Crippen LogP contribution in [0.2, 0.25) is 0 Å². The monoisotopic (exact) mass is 1010 g/mol. The Labute approximate surface area is 450 Å². The van der Waals surface area contributed by atoms with E-state index in [1.165, 1.54) is 276 Å². The third-order valence-electron chi connectivity index (χ3n) is 15.0. The molecule has 0 saturated heterocycles. The van der Waals surface area contributed by atoms with Crippen LogP contribution < -0.4 is 0 Å². The van der Waals surface area contributed by atoms with Gasteiger partial charge in [-0.25, -0.2) is 0 Å². The first-order chi connectivity index (χ1) is 35.5. The summed E-state index contributed by atoms with van der Waals surface area (Å²) in [6.07, 6.45) is 72.1. The topological polar surface area (TPSA) is 78.9 Å². The number of allylic oxidation sites excluding steroid dienone is 2. The summed E-state index contributed by atoms with van der Waals surface area (Å²) in [6.45, 7) is 6.72. The molecule has 0 bridgehead atoms. The van der Waals surface area contributed by atoms with E-state index in [1.807, 2.05) is 0 Å². The summed E-state index contributed by atoms with van der Waals surface area (Å²) in [5, 5.41) is 0. The normalized spacial score (nSPS) is 12.0. The molecule has 72 heavy (non-hydrogen) atoms. The van der Waals surface area contributed by atoms with E-state index in [9.17, 15) is 14.4 Å². The van der Waals surface area contributed by atoms with Crippen LogP contribution in [0.1, 0.15) is 374 Å². The Morgan fingerprint density at radius 3 is 0.694 bits per heavy atom. The Morgan fingerprint density at radius 2 is 0.458 bits per heavy atom. The summed E-state index contributed by atoms with van der Waals surface area (Å²) in [4.78, 5) is 38.3. The minimum atomic E-state index is -0.767. The fourth-order valence-electron chi connectivity index (χ4n) is 10.1. The van der Waals surface area contributed by atoms with Crippen LogP contribution in [0, 0.1) is 0 Å². The first-order valence-corrected chi connectivity index (χ1v) is 32.7. The smallest absolute Gasteiger partial charge is 0.306 e. The summed E-state index contributed by atoms with van der Waals surface area (Å²) < 4.78 is 17.0. The van der Waals surface area contributed by atoms with Crippen molar-refractivity contribution in [3.63, 3.8) is 0 Å². The summed E-state index contributed by atoms with van der Waals surface area (Å²) in [5.74, 6) is -0.836. The lowest BCUT2D eigenvalue weighted by Crippen LogP contribution is -2.30. The van der Waals surface area contributed by atoms with E-state index in [0.717, 1.165) is 57.8 Å². The van der Waals surface area contributed by atoms with Gasteiger partial charge >= 0.3 is 17.9 Å². The number of hydrogen-bond acceptors (Lipinski definition) is 6. The average molecular weight is 1020 g/mol. The Hall–Kier alpha value is -1.85. The van der Waals surface area contributed by atoms with E-state index in [0.29, 0.717) is 19.3 Å². The van der Waals surface area contributed by atoms with Gasteiger partial charge in [-0.1, -0.05) is 322 Å². The predicted octanol–water partition coefficient (Wildman–Crippen LogP) is 22.1. The molecule has 0 aromatic carbocycles. The van der Waals surface area contributed by atoms with Crippen molar-refractivity contribution in [2.45, 2.75) is 380 Å². The summed E-state index contributed by atoms with van der Waals surface area (Å²) in [6, 6.07) is 0. The quantitative estimate of drug-likeness (QED) is 0.0261. The van der Waals surface area contributed by atoms with Crippen molar-refractivity contribution in [2.75, 3.05) is 13.2 Å². The van der Waals surface area contributed by atoms with Gasteiger partial charge in [-0.15, -0.1) is 0 Å². The Balaban J connectivity index is 4.30. The van der Waals surface area contributed by atoms with Crippen LogP contribution in [0.3, 0.4) is 0 Å². The molecule has 6 nitrogen and oxygen atoms in total. The second-order valence-corrected chi connectivity index (χ2v) is 22.4. The van der Waals surface area contributed by atoms with Crippen molar-refractivity contribution in [3.05, 3.63) is 12.2 Å². The Morgan fingerprint density at radius 1 is 0.264 bits per heavy atom. The maximum Gasteiger partial charge on any atom is 0.306 e. The van der Waals surface area contributed by atoms with Gasteiger partial charge in [-0.3, -0.25) is 14.4 Å². The summed E-state index contributed by atoms with van der Waals surface area (Å²) in [5.41, 5.74) is 0. The molecule has 1 unspecified atom stereocenters. The molecule has 0 aromatic heterocycles. The van der Waals surface area contributed by atoms with Gasteiger partial charge < -0.3 is 14.2 Å². The maximum atomic E-state index is 12.9. The van der Waals surface area contributed by atoms with Crippen LogP contribution in [-0.4, -0.2) is 37.2 Å². The number of hydrogen-bond donors (Lipinski definition) is 0. The predicted molar refractivity (Wildman–Crippen MR) is 312 cm³/mol. The zero-order chi connectivity index (χ0) is 52.2. The first-order valence-electron chi connectivity index (χ1n) is 32.7. The van der Waals surface area contributed by atoms with Gasteiger partial charge in [0.1, 0.15) is 13.2 Å². The third-order valence-corrected chi connectivity index (χ3v) is 15.0. The molecule has 1 atom stereocenters. The molecule has 0 heterocycles. The van der Waals surface area contributed by atoms with E-state index < -0.39 is 6.10 Å². The van der Waals surface area contributed by atoms with Gasteiger partial charge in [0.25, 0.3) is 0 Å². The molecule has 0 amide bonds. The Kier molecular flexibility index (Phi) is 60.1. The molecular weight excluding hydrogens is 889 g/mol. The Bertz CT molecular complexity index is 1120. The van der Waals surface area contributed by atoms with E-state index in [4.69, 9.17) is 14.2 Å². The van der Waals surface area contributed by atoms with Crippen molar-refractivity contribution in [3.8, 4) is 0 Å². The molecule has 0 rings (SSSR count). The molecule has 0 radical (unpaired) electrons. The lowest BCUT2D eigenvalue weighted by molar-refractivity contribution is -0.167. The van der Waals surface area contributed by atoms with E-state index in [1.54, 1.807) is 0 Å². The summed E-state index contributed by atoms with van der Waals surface area (Å²) in [7, 11) is 0. The second kappa shape index (κ2) is 61.7. The number of esters is 3. The van der Waals surface area contributed by atoms with Gasteiger partial charge in [0, 0.05) is 19.3 Å². The van der Waals surface area contributed by atoms with Crippen molar-refractivity contribution < 1.29 is 28.6 Å². The van der Waals surface area contributed by atoms with Crippen LogP contribution >= 0.6 is 0 Å². The van der Waals surface area contributed by atoms with Crippen LogP contribution in [0.25, 0.3) is 0 Å². The second-order valence-electron chi connectivity index (χ2n) is 22.4.